The lowest BCUT2D eigenvalue weighted by atomic mass is 9.76. The molecule has 0 saturated carbocycles. The Morgan fingerprint density at radius 1 is 0.432 bits per heavy atom. The average Bonchev–Trinajstić information content (AvgIpc) is 3.25. The van der Waals surface area contributed by atoms with Gasteiger partial charge in [0, 0.05) is 87.4 Å². The summed E-state index contributed by atoms with van der Waals surface area (Å²) in [7, 11) is 0. The maximum Gasteiger partial charge on any atom is 0.232 e. The maximum atomic E-state index is 13.1. The van der Waals surface area contributed by atoms with Crippen molar-refractivity contribution in [3.8, 4) is 0 Å². The second-order valence-corrected chi connectivity index (χ2v) is 22.0. The largest absolute Gasteiger partial charge is 0.351 e. The molecular formula is C54H84N14O6. The van der Waals surface area contributed by atoms with Crippen LogP contribution in [0.4, 0.5) is 35.7 Å². The Hall–Kier alpha value is -6.60. The number of hydrogen-bond acceptors (Lipinski definition) is 18. The molecule has 0 aliphatic carbocycles. The fourth-order valence-electron chi connectivity index (χ4n) is 11.2. The fraction of sp³-hybridized carbons (Fsp3) is 0.630. The van der Waals surface area contributed by atoms with E-state index in [1.54, 1.807) is 38.2 Å². The lowest BCUT2D eigenvalue weighted by molar-refractivity contribution is -0.148. The van der Waals surface area contributed by atoms with Crippen LogP contribution in [-0.2, 0) is 28.8 Å². The summed E-state index contributed by atoms with van der Waals surface area (Å²) in [6, 6.07) is -0.107. The van der Waals surface area contributed by atoms with Gasteiger partial charge in [0.1, 0.15) is 0 Å². The summed E-state index contributed by atoms with van der Waals surface area (Å²) in [4.78, 5) is 111. The molecule has 0 aromatic carbocycles. The van der Waals surface area contributed by atoms with Crippen LogP contribution in [0.2, 0.25) is 0 Å². The summed E-state index contributed by atoms with van der Waals surface area (Å²) >= 11 is 0. The number of amides is 2. The number of aromatic nitrogens is 6. The van der Waals surface area contributed by atoms with Gasteiger partial charge in [0.2, 0.25) is 47.5 Å². The van der Waals surface area contributed by atoms with Gasteiger partial charge in [0.25, 0.3) is 0 Å². The van der Waals surface area contributed by atoms with E-state index in [0.29, 0.717) is 101 Å². The van der Waals surface area contributed by atoms with Gasteiger partial charge in [0.05, 0.1) is 0 Å². The minimum absolute atomic E-state index is 0.0201. The van der Waals surface area contributed by atoms with Crippen LogP contribution in [0.1, 0.15) is 148 Å². The molecule has 4 rings (SSSR count). The summed E-state index contributed by atoms with van der Waals surface area (Å²) in [6.45, 7) is 28.5. The Balaban J connectivity index is 1.69. The van der Waals surface area contributed by atoms with E-state index in [2.05, 4.69) is 96.4 Å². The van der Waals surface area contributed by atoms with Crippen LogP contribution in [0.25, 0.3) is 0 Å². The average molecular weight is 1030 g/mol. The quantitative estimate of drug-likeness (QED) is 0.0507. The van der Waals surface area contributed by atoms with E-state index in [0.717, 1.165) is 25.7 Å². The van der Waals surface area contributed by atoms with Crippen LogP contribution < -0.4 is 31.1 Å². The molecule has 4 heterocycles. The van der Waals surface area contributed by atoms with Gasteiger partial charge in [-0.2, -0.15) is 29.9 Å². The van der Waals surface area contributed by atoms with E-state index in [1.807, 2.05) is 9.80 Å². The van der Waals surface area contributed by atoms with Crippen LogP contribution in [-0.4, -0.2) is 148 Å². The molecule has 74 heavy (non-hydrogen) atoms. The summed E-state index contributed by atoms with van der Waals surface area (Å²) < 4.78 is 0. The molecular weight excluding hydrogens is 941 g/mol. The lowest BCUT2D eigenvalue weighted by Crippen LogP contribution is -2.66. The third-order valence-electron chi connectivity index (χ3n) is 13.1. The van der Waals surface area contributed by atoms with Gasteiger partial charge >= 0.3 is 0 Å². The van der Waals surface area contributed by atoms with Crippen molar-refractivity contribution < 1.29 is 28.8 Å². The molecule has 0 spiro atoms. The second kappa shape index (κ2) is 26.6. The Bertz CT molecular complexity index is 2130. The standard InChI is InChI=1S/C54H84N14O6/c1-37(69)23-19-27-55-45-59-46(56-28-20-24-38(2)70)62-49(61-45)65(43-33-51(7,8)67(41(5)73)52(9,10)34-43)31-17-15-16-18-32-66(44-35-53(11,12)68(42(6)74)54(13,14)36-44)50-63-47(57-29-21-25-39(3)71)60-48(64-50)58-30-22-26-40(4)72/h19-26,43-44H,15-18,27-36H2,1-14H3,(H2,55,56,59,61,62)(H2,57,58,60,63,64). The monoisotopic (exact) mass is 1020 g/mol. The number of rotatable bonds is 27. The highest BCUT2D eigenvalue weighted by molar-refractivity contribution is 5.88. The smallest absolute Gasteiger partial charge is 0.232 e. The lowest BCUT2D eigenvalue weighted by Gasteiger charge is -2.56. The number of likely N-dealkylation sites (tertiary alicyclic amines) is 2. The van der Waals surface area contributed by atoms with Crippen molar-refractivity contribution in [3.63, 3.8) is 0 Å². The molecule has 4 N–H and O–H groups in total. The summed E-state index contributed by atoms with van der Waals surface area (Å²) in [5.41, 5.74) is -1.93. The number of piperidine rings is 2. The molecule has 2 aromatic heterocycles. The molecule has 0 atom stereocenters. The number of nitrogens with one attached hydrogen (secondary N) is 4. The number of allylic oxidation sites excluding steroid dienone is 4. The predicted octanol–water partition coefficient (Wildman–Crippen LogP) is 7.29. The first kappa shape index (κ1) is 60.0. The first-order chi connectivity index (χ1) is 34.6. The number of nitrogens with zero attached hydrogens (tertiary/aromatic N) is 10. The zero-order chi connectivity index (χ0) is 55.0. The molecule has 2 amide bonds. The molecule has 2 aliphatic rings. The van der Waals surface area contributed by atoms with Gasteiger partial charge in [-0.25, -0.2) is 0 Å². The van der Waals surface area contributed by atoms with Crippen molar-refractivity contribution in [2.24, 2.45) is 0 Å². The molecule has 2 aliphatic heterocycles. The minimum Gasteiger partial charge on any atom is -0.351 e. The van der Waals surface area contributed by atoms with Gasteiger partial charge < -0.3 is 40.9 Å². The third-order valence-corrected chi connectivity index (χ3v) is 13.1. The summed E-state index contributed by atoms with van der Waals surface area (Å²) in [5, 5.41) is 12.9. The number of carbonyl (C=O) groups excluding carboxylic acids is 6. The van der Waals surface area contributed by atoms with E-state index in [1.165, 1.54) is 52.0 Å². The molecule has 20 nitrogen and oxygen atoms in total. The Morgan fingerprint density at radius 3 is 0.892 bits per heavy atom. The summed E-state index contributed by atoms with van der Waals surface area (Å²) in [5.74, 6) is 1.96. The van der Waals surface area contributed by atoms with Crippen molar-refractivity contribution in [3.05, 3.63) is 48.6 Å². The normalized spacial score (nSPS) is 17.5. The summed E-state index contributed by atoms with van der Waals surface area (Å²) in [6.07, 6.45) is 18.8. The highest BCUT2D eigenvalue weighted by Crippen LogP contribution is 2.43. The predicted molar refractivity (Wildman–Crippen MR) is 293 cm³/mol. The van der Waals surface area contributed by atoms with E-state index in [-0.39, 0.29) is 47.0 Å². The Kier molecular flexibility index (Phi) is 21.5. The highest BCUT2D eigenvalue weighted by atomic mass is 16.2. The topological polar surface area (TPSA) is 241 Å². The van der Waals surface area contributed by atoms with Crippen LogP contribution in [0.15, 0.2) is 48.6 Å². The fourth-order valence-corrected chi connectivity index (χ4v) is 11.2. The van der Waals surface area contributed by atoms with Gasteiger partial charge in [-0.15, -0.1) is 0 Å². The molecule has 2 saturated heterocycles. The van der Waals surface area contributed by atoms with E-state index in [4.69, 9.17) is 19.9 Å². The van der Waals surface area contributed by atoms with Gasteiger partial charge in [-0.05, 0) is 146 Å². The van der Waals surface area contributed by atoms with E-state index >= 15 is 0 Å². The van der Waals surface area contributed by atoms with Crippen LogP contribution in [0, 0.1) is 0 Å². The van der Waals surface area contributed by atoms with Crippen LogP contribution >= 0.6 is 0 Å². The van der Waals surface area contributed by atoms with Crippen molar-refractivity contribution in [1.29, 1.82) is 0 Å². The van der Waals surface area contributed by atoms with Gasteiger partial charge in [-0.3, -0.25) is 28.8 Å². The second-order valence-electron chi connectivity index (χ2n) is 22.0. The maximum absolute atomic E-state index is 13.1. The number of hydrogen-bond donors (Lipinski definition) is 4. The molecule has 0 bridgehead atoms. The zero-order valence-electron chi connectivity index (χ0n) is 46.6. The Morgan fingerprint density at radius 2 is 0.676 bits per heavy atom. The van der Waals surface area contributed by atoms with Crippen molar-refractivity contribution >= 4 is 70.6 Å². The minimum atomic E-state index is -0.482. The SMILES string of the molecule is CC(=O)C=CCNc1nc(NCC=CC(C)=O)nc(N(CCCCCCN(c2nc(NCC=CC(C)=O)nc(NCC=CC(C)=O)n2)C2CC(C)(C)N(C(C)=O)C(C)(C)C2)C2CC(C)(C)N(C(C)=O)C(C)(C)C2)n1. The van der Waals surface area contributed by atoms with Crippen LogP contribution in [0.3, 0.4) is 0 Å². The van der Waals surface area contributed by atoms with E-state index in [9.17, 15) is 28.8 Å². The van der Waals surface area contributed by atoms with Crippen molar-refractivity contribution in [1.82, 2.24) is 39.7 Å². The van der Waals surface area contributed by atoms with Gasteiger partial charge in [0.15, 0.2) is 23.1 Å². The molecule has 0 radical (unpaired) electrons. The molecule has 2 fully saturated rings. The molecule has 406 valence electrons. The molecule has 0 unspecified atom stereocenters. The highest BCUT2D eigenvalue weighted by Gasteiger charge is 2.50. The number of carbonyl (C=O) groups is 6. The molecule has 2 aromatic rings. The first-order valence-corrected chi connectivity index (χ1v) is 25.9. The van der Waals surface area contributed by atoms with Crippen molar-refractivity contribution in [2.45, 2.75) is 183 Å². The third kappa shape index (κ3) is 18.1. The van der Waals surface area contributed by atoms with Crippen molar-refractivity contribution in [2.75, 3.05) is 70.3 Å². The molecule has 20 heteroatoms. The number of anilines is 6. The number of ketones is 4. The van der Waals surface area contributed by atoms with Crippen LogP contribution in [0.5, 0.6) is 0 Å². The van der Waals surface area contributed by atoms with E-state index < -0.39 is 22.2 Å². The van der Waals surface area contributed by atoms with Gasteiger partial charge in [-0.1, -0.05) is 37.1 Å². The Labute approximate surface area is 439 Å². The zero-order valence-corrected chi connectivity index (χ0v) is 46.6. The first-order valence-electron chi connectivity index (χ1n) is 25.9. The number of unbranched alkanes of at least 4 members (excludes halogenated alkanes) is 3.